The van der Waals surface area contributed by atoms with Gasteiger partial charge in [0.1, 0.15) is 0 Å². The molecule has 1 aromatic carbocycles. The first-order chi connectivity index (χ1) is 11.5. The van der Waals surface area contributed by atoms with Crippen molar-refractivity contribution < 1.29 is 8.42 Å². The summed E-state index contributed by atoms with van der Waals surface area (Å²) in [4.78, 5) is 2.32. The second-order valence-corrected chi connectivity index (χ2v) is 8.72. The third kappa shape index (κ3) is 5.83. The number of hydrogen-bond acceptors (Lipinski definition) is 4. The summed E-state index contributed by atoms with van der Waals surface area (Å²) in [7, 11) is -3.12. The molecule has 0 amide bonds. The highest BCUT2D eigenvalue weighted by Gasteiger charge is 2.13. The minimum Gasteiger partial charge on any atom is -0.385 e. The van der Waals surface area contributed by atoms with Gasteiger partial charge in [0.15, 0.2) is 0 Å². The molecule has 0 aromatic heterocycles. The predicted octanol–water partition coefficient (Wildman–Crippen LogP) is 2.97. The lowest BCUT2D eigenvalue weighted by Crippen LogP contribution is -2.31. The van der Waals surface area contributed by atoms with Crippen LogP contribution in [0.25, 0.3) is 0 Å². The first-order valence-electron chi connectivity index (χ1n) is 8.71. The predicted molar refractivity (Wildman–Crippen MR) is 102 cm³/mol. The Kier molecular flexibility index (Phi) is 7.12. The zero-order valence-corrected chi connectivity index (χ0v) is 15.5. The van der Waals surface area contributed by atoms with Crippen LogP contribution in [0.5, 0.6) is 0 Å². The third-order valence-corrected chi connectivity index (χ3v) is 6.00. The average Bonchev–Trinajstić information content (AvgIpc) is 3.09. The minimum absolute atomic E-state index is 0.363. The number of sulfonamides is 1. The second-order valence-electron chi connectivity index (χ2n) is 6.40. The highest BCUT2D eigenvalue weighted by atomic mass is 32.2. The van der Waals surface area contributed by atoms with Crippen LogP contribution in [-0.4, -0.2) is 39.8 Å². The number of anilines is 2. The van der Waals surface area contributed by atoms with Gasteiger partial charge >= 0.3 is 0 Å². The molecule has 0 atom stereocenters. The fourth-order valence-electron chi connectivity index (χ4n) is 2.52. The van der Waals surface area contributed by atoms with Gasteiger partial charge in [-0.05, 0) is 51.0 Å². The number of hydrogen-bond donors (Lipinski definition) is 2. The van der Waals surface area contributed by atoms with E-state index in [4.69, 9.17) is 0 Å². The molecule has 5 nitrogen and oxygen atoms in total. The molecule has 0 spiro atoms. The van der Waals surface area contributed by atoms with Crippen molar-refractivity contribution in [2.75, 3.05) is 36.4 Å². The van der Waals surface area contributed by atoms with Crippen LogP contribution in [0.3, 0.4) is 0 Å². The molecule has 1 aliphatic heterocycles. The molecule has 0 bridgehead atoms. The summed E-state index contributed by atoms with van der Waals surface area (Å²) in [5.41, 5.74) is 2.38. The molecule has 6 heteroatoms. The van der Waals surface area contributed by atoms with Crippen molar-refractivity contribution >= 4 is 21.4 Å². The summed E-state index contributed by atoms with van der Waals surface area (Å²) in [6, 6.07) is 8.53. The first-order valence-corrected chi connectivity index (χ1v) is 10.3. The standard InChI is InChI=1S/C18H29N3O2S/c1-16(2)24(22,23)20-13-5-3-4-12-19-17-8-10-18(11-9-17)21-14-6-7-15-21/h6-11,16,19-20H,3-5,12-15H2,1-2H3. The topological polar surface area (TPSA) is 61.4 Å². The van der Waals surface area contributed by atoms with Crippen molar-refractivity contribution in [2.45, 2.75) is 38.4 Å². The lowest BCUT2D eigenvalue weighted by Gasteiger charge is -2.18. The Morgan fingerprint density at radius 2 is 1.62 bits per heavy atom. The molecule has 0 aliphatic carbocycles. The van der Waals surface area contributed by atoms with Crippen LogP contribution in [0.15, 0.2) is 36.4 Å². The van der Waals surface area contributed by atoms with E-state index in [0.717, 1.165) is 44.6 Å². The van der Waals surface area contributed by atoms with Crippen molar-refractivity contribution in [3.8, 4) is 0 Å². The normalized spacial score (nSPS) is 14.5. The van der Waals surface area contributed by atoms with Crippen LogP contribution in [-0.2, 0) is 10.0 Å². The van der Waals surface area contributed by atoms with Crippen molar-refractivity contribution in [3.63, 3.8) is 0 Å². The molecular weight excluding hydrogens is 322 g/mol. The Balaban J connectivity index is 1.57. The number of unbranched alkanes of at least 4 members (excludes halogenated alkanes) is 2. The van der Waals surface area contributed by atoms with Gasteiger partial charge in [0, 0.05) is 37.6 Å². The highest BCUT2D eigenvalue weighted by Crippen LogP contribution is 2.19. The van der Waals surface area contributed by atoms with Crippen LogP contribution in [0, 0.1) is 0 Å². The molecule has 0 saturated carbocycles. The van der Waals surface area contributed by atoms with Gasteiger partial charge in [0.25, 0.3) is 0 Å². The lowest BCUT2D eigenvalue weighted by atomic mass is 10.2. The Labute approximate surface area is 146 Å². The molecule has 24 heavy (non-hydrogen) atoms. The molecule has 2 N–H and O–H groups in total. The Hall–Kier alpha value is -1.53. The summed E-state index contributed by atoms with van der Waals surface area (Å²) < 4.78 is 25.8. The first kappa shape index (κ1) is 18.8. The summed E-state index contributed by atoms with van der Waals surface area (Å²) in [6.07, 6.45) is 7.28. The smallest absolute Gasteiger partial charge is 0.213 e. The molecule has 2 rings (SSSR count). The molecule has 0 fully saturated rings. The molecular formula is C18H29N3O2S. The molecule has 134 valence electrons. The molecule has 0 radical (unpaired) electrons. The van der Waals surface area contributed by atoms with Crippen molar-refractivity contribution in [1.82, 2.24) is 4.72 Å². The molecule has 0 saturated heterocycles. The number of nitrogens with one attached hydrogen (secondary N) is 2. The van der Waals surface area contributed by atoms with Gasteiger partial charge in [-0.15, -0.1) is 0 Å². The van der Waals surface area contributed by atoms with Gasteiger partial charge in [0.2, 0.25) is 10.0 Å². The van der Waals surface area contributed by atoms with E-state index in [1.54, 1.807) is 13.8 Å². The van der Waals surface area contributed by atoms with Crippen LogP contribution in [0.4, 0.5) is 11.4 Å². The number of nitrogens with zero attached hydrogens (tertiary/aromatic N) is 1. The summed E-state index contributed by atoms with van der Waals surface area (Å²) in [6.45, 7) is 6.80. The van der Waals surface area contributed by atoms with Gasteiger partial charge < -0.3 is 10.2 Å². The van der Waals surface area contributed by atoms with Crippen molar-refractivity contribution in [2.24, 2.45) is 0 Å². The number of rotatable bonds is 10. The van der Waals surface area contributed by atoms with Crippen LogP contribution < -0.4 is 14.9 Å². The van der Waals surface area contributed by atoms with E-state index in [-0.39, 0.29) is 5.25 Å². The highest BCUT2D eigenvalue weighted by molar-refractivity contribution is 7.90. The van der Waals surface area contributed by atoms with Crippen molar-refractivity contribution in [1.29, 1.82) is 0 Å². The van der Waals surface area contributed by atoms with E-state index >= 15 is 0 Å². The molecule has 0 unspecified atom stereocenters. The van der Waals surface area contributed by atoms with E-state index < -0.39 is 10.0 Å². The molecule has 1 aromatic rings. The summed E-state index contributed by atoms with van der Waals surface area (Å²) in [5, 5.41) is 3.05. The van der Waals surface area contributed by atoms with Gasteiger partial charge in [-0.1, -0.05) is 18.6 Å². The summed E-state index contributed by atoms with van der Waals surface area (Å²) in [5.74, 6) is 0. The summed E-state index contributed by atoms with van der Waals surface area (Å²) >= 11 is 0. The Morgan fingerprint density at radius 1 is 1.00 bits per heavy atom. The maximum absolute atomic E-state index is 11.6. The fraction of sp³-hybridized carbons (Fsp3) is 0.556. The van der Waals surface area contributed by atoms with E-state index in [0.29, 0.717) is 6.54 Å². The van der Waals surface area contributed by atoms with E-state index in [1.165, 1.54) is 5.69 Å². The lowest BCUT2D eigenvalue weighted by molar-refractivity contribution is 0.566. The molecule has 1 heterocycles. The van der Waals surface area contributed by atoms with Crippen LogP contribution >= 0.6 is 0 Å². The van der Waals surface area contributed by atoms with E-state index in [1.807, 2.05) is 0 Å². The maximum Gasteiger partial charge on any atom is 0.213 e. The second kappa shape index (κ2) is 9.08. The Bertz CT molecular complexity index is 616. The van der Waals surface area contributed by atoms with Crippen molar-refractivity contribution in [3.05, 3.63) is 36.4 Å². The maximum atomic E-state index is 11.6. The monoisotopic (exact) mass is 351 g/mol. The average molecular weight is 352 g/mol. The SMILES string of the molecule is CC(C)S(=O)(=O)NCCCCCNc1ccc(N2CC=CC2)cc1. The third-order valence-electron chi connectivity index (χ3n) is 4.16. The van der Waals surface area contributed by atoms with Crippen LogP contribution in [0.2, 0.25) is 0 Å². The largest absolute Gasteiger partial charge is 0.385 e. The Morgan fingerprint density at radius 3 is 2.25 bits per heavy atom. The van der Waals surface area contributed by atoms with E-state index in [9.17, 15) is 8.42 Å². The van der Waals surface area contributed by atoms with Gasteiger partial charge in [-0.3, -0.25) is 0 Å². The molecule has 1 aliphatic rings. The van der Waals surface area contributed by atoms with E-state index in [2.05, 4.69) is 51.4 Å². The number of benzene rings is 1. The zero-order valence-electron chi connectivity index (χ0n) is 14.7. The fourth-order valence-corrected chi connectivity index (χ4v) is 3.28. The minimum atomic E-state index is -3.12. The quantitative estimate of drug-likeness (QED) is 0.502. The van der Waals surface area contributed by atoms with Gasteiger partial charge in [-0.2, -0.15) is 0 Å². The van der Waals surface area contributed by atoms with Gasteiger partial charge in [0.05, 0.1) is 5.25 Å². The van der Waals surface area contributed by atoms with Gasteiger partial charge in [-0.25, -0.2) is 13.1 Å². The zero-order chi connectivity index (χ0) is 17.4. The van der Waals surface area contributed by atoms with Crippen LogP contribution in [0.1, 0.15) is 33.1 Å².